The third-order valence-electron chi connectivity index (χ3n) is 3.51. The second-order valence-electron chi connectivity index (χ2n) is 4.73. The summed E-state index contributed by atoms with van der Waals surface area (Å²) in [5, 5.41) is 4.37. The van der Waals surface area contributed by atoms with E-state index < -0.39 is 0 Å². The van der Waals surface area contributed by atoms with Gasteiger partial charge in [-0.3, -0.25) is 4.68 Å². The summed E-state index contributed by atoms with van der Waals surface area (Å²) in [6.45, 7) is 0. The lowest BCUT2D eigenvalue weighted by atomic mass is 9.94. The molecule has 0 bridgehead atoms. The largest absolute Gasteiger partial charge is 0.327 e. The van der Waals surface area contributed by atoms with E-state index in [2.05, 4.69) is 11.2 Å². The summed E-state index contributed by atoms with van der Waals surface area (Å²) >= 11 is 0. The summed E-state index contributed by atoms with van der Waals surface area (Å²) in [6.07, 6.45) is 9.54. The van der Waals surface area contributed by atoms with Crippen molar-refractivity contribution in [3.05, 3.63) is 18.0 Å². The van der Waals surface area contributed by atoms with Gasteiger partial charge >= 0.3 is 0 Å². The molecule has 3 nitrogen and oxygen atoms in total. The minimum Gasteiger partial charge on any atom is -0.327 e. The van der Waals surface area contributed by atoms with Crippen LogP contribution in [0.1, 0.15) is 37.8 Å². The second-order valence-corrected chi connectivity index (χ2v) is 4.73. The summed E-state index contributed by atoms with van der Waals surface area (Å²) in [5.74, 6) is 0.772. The molecule has 0 spiro atoms. The fourth-order valence-electron chi connectivity index (χ4n) is 2.53. The number of aryl methyl sites for hydroxylation is 2. The van der Waals surface area contributed by atoms with Gasteiger partial charge in [0.2, 0.25) is 0 Å². The fourth-order valence-corrected chi connectivity index (χ4v) is 2.53. The first-order chi connectivity index (χ1) is 7.25. The average Bonchev–Trinajstić information content (AvgIpc) is 2.84. The molecule has 0 aromatic carbocycles. The van der Waals surface area contributed by atoms with Crippen molar-refractivity contribution in [1.29, 1.82) is 0 Å². The molecule has 3 heteroatoms. The van der Waals surface area contributed by atoms with Crippen molar-refractivity contribution in [3.8, 4) is 0 Å². The molecule has 1 saturated carbocycles. The molecule has 1 aliphatic rings. The molecule has 2 N–H and O–H groups in total. The highest BCUT2D eigenvalue weighted by atomic mass is 15.2. The van der Waals surface area contributed by atoms with Gasteiger partial charge in [0, 0.05) is 19.3 Å². The standard InChI is InChI=1S/C12H21N3/c1-15-9-8-11(14-15)6-7-12(13)10-4-2-3-5-10/h8-10,12H,2-7,13H2,1H3. The predicted octanol–water partition coefficient (Wildman–Crippen LogP) is 1.87. The van der Waals surface area contributed by atoms with Gasteiger partial charge in [-0.2, -0.15) is 5.10 Å². The van der Waals surface area contributed by atoms with E-state index in [1.54, 1.807) is 0 Å². The normalized spacial score (nSPS) is 19.6. The Balaban J connectivity index is 1.77. The number of aromatic nitrogens is 2. The third-order valence-corrected chi connectivity index (χ3v) is 3.51. The number of rotatable bonds is 4. The van der Waals surface area contributed by atoms with Crippen LogP contribution in [0.5, 0.6) is 0 Å². The third kappa shape index (κ3) is 2.81. The number of hydrogen-bond donors (Lipinski definition) is 1. The lowest BCUT2D eigenvalue weighted by Crippen LogP contribution is -2.28. The van der Waals surface area contributed by atoms with Crippen molar-refractivity contribution in [1.82, 2.24) is 9.78 Å². The molecule has 1 aromatic rings. The van der Waals surface area contributed by atoms with Crippen LogP contribution in [0.3, 0.4) is 0 Å². The maximum absolute atomic E-state index is 6.20. The highest BCUT2D eigenvalue weighted by molar-refractivity contribution is 4.99. The van der Waals surface area contributed by atoms with Crippen molar-refractivity contribution in [2.45, 2.75) is 44.6 Å². The Morgan fingerprint density at radius 3 is 2.87 bits per heavy atom. The SMILES string of the molecule is Cn1ccc(CCC(N)C2CCCC2)n1. The zero-order valence-corrected chi connectivity index (χ0v) is 9.52. The van der Waals surface area contributed by atoms with Gasteiger partial charge in [-0.15, -0.1) is 0 Å². The molecule has 15 heavy (non-hydrogen) atoms. The van der Waals surface area contributed by atoms with Crippen molar-refractivity contribution in [3.63, 3.8) is 0 Å². The number of nitrogens with two attached hydrogens (primary N) is 1. The van der Waals surface area contributed by atoms with Gasteiger partial charge in [0.05, 0.1) is 5.69 Å². The second kappa shape index (κ2) is 4.79. The van der Waals surface area contributed by atoms with E-state index in [4.69, 9.17) is 5.73 Å². The Hall–Kier alpha value is -0.830. The van der Waals surface area contributed by atoms with Crippen LogP contribution in [-0.4, -0.2) is 15.8 Å². The van der Waals surface area contributed by atoms with Crippen LogP contribution in [0, 0.1) is 5.92 Å². The van der Waals surface area contributed by atoms with Gasteiger partial charge in [0.1, 0.15) is 0 Å². The summed E-state index contributed by atoms with van der Waals surface area (Å²) in [7, 11) is 1.96. The lowest BCUT2D eigenvalue weighted by molar-refractivity contribution is 0.408. The van der Waals surface area contributed by atoms with Gasteiger partial charge in [-0.05, 0) is 37.7 Å². The van der Waals surface area contributed by atoms with E-state index in [0.29, 0.717) is 6.04 Å². The zero-order chi connectivity index (χ0) is 10.7. The topological polar surface area (TPSA) is 43.8 Å². The maximum Gasteiger partial charge on any atom is 0.0625 e. The molecular formula is C12H21N3. The number of hydrogen-bond acceptors (Lipinski definition) is 2. The van der Waals surface area contributed by atoms with Crippen LogP contribution in [-0.2, 0) is 13.5 Å². The van der Waals surface area contributed by atoms with E-state index in [-0.39, 0.29) is 0 Å². The maximum atomic E-state index is 6.20. The molecule has 2 rings (SSSR count). The van der Waals surface area contributed by atoms with Crippen LogP contribution >= 0.6 is 0 Å². The van der Waals surface area contributed by atoms with E-state index >= 15 is 0 Å². The molecule has 1 heterocycles. The molecule has 1 atom stereocenters. The van der Waals surface area contributed by atoms with Crippen LogP contribution < -0.4 is 5.73 Å². The summed E-state index contributed by atoms with van der Waals surface area (Å²) in [4.78, 5) is 0. The van der Waals surface area contributed by atoms with Crippen molar-refractivity contribution in [2.75, 3.05) is 0 Å². The van der Waals surface area contributed by atoms with E-state index in [0.717, 1.165) is 18.8 Å². The van der Waals surface area contributed by atoms with E-state index in [1.807, 2.05) is 17.9 Å². The van der Waals surface area contributed by atoms with Gasteiger partial charge in [-0.1, -0.05) is 12.8 Å². The first-order valence-corrected chi connectivity index (χ1v) is 6.00. The number of nitrogens with zero attached hydrogens (tertiary/aromatic N) is 2. The minimum absolute atomic E-state index is 0.384. The van der Waals surface area contributed by atoms with Gasteiger partial charge < -0.3 is 5.73 Å². The van der Waals surface area contributed by atoms with Crippen molar-refractivity contribution < 1.29 is 0 Å². The Morgan fingerprint density at radius 1 is 1.53 bits per heavy atom. The molecule has 84 valence electrons. The monoisotopic (exact) mass is 207 g/mol. The first kappa shape index (κ1) is 10.7. The first-order valence-electron chi connectivity index (χ1n) is 6.00. The van der Waals surface area contributed by atoms with Crippen molar-refractivity contribution >= 4 is 0 Å². The minimum atomic E-state index is 0.384. The van der Waals surface area contributed by atoms with Crippen LogP contribution in [0.2, 0.25) is 0 Å². The summed E-state index contributed by atoms with van der Waals surface area (Å²) in [6, 6.07) is 2.47. The molecule has 1 aromatic heterocycles. The Labute approximate surface area is 91.7 Å². The highest BCUT2D eigenvalue weighted by Crippen LogP contribution is 2.28. The quantitative estimate of drug-likeness (QED) is 0.819. The highest BCUT2D eigenvalue weighted by Gasteiger charge is 2.21. The summed E-state index contributed by atoms with van der Waals surface area (Å²) < 4.78 is 1.86. The molecule has 1 aliphatic carbocycles. The molecular weight excluding hydrogens is 186 g/mol. The van der Waals surface area contributed by atoms with Crippen molar-refractivity contribution in [2.24, 2.45) is 18.7 Å². The van der Waals surface area contributed by atoms with Crippen LogP contribution in [0.25, 0.3) is 0 Å². The predicted molar refractivity (Wildman–Crippen MR) is 61.5 cm³/mol. The molecule has 1 fully saturated rings. The fraction of sp³-hybridized carbons (Fsp3) is 0.750. The molecule has 0 saturated heterocycles. The average molecular weight is 207 g/mol. The Morgan fingerprint density at radius 2 is 2.27 bits per heavy atom. The smallest absolute Gasteiger partial charge is 0.0625 e. The van der Waals surface area contributed by atoms with E-state index in [9.17, 15) is 0 Å². The van der Waals surface area contributed by atoms with Crippen LogP contribution in [0.4, 0.5) is 0 Å². The molecule has 0 amide bonds. The van der Waals surface area contributed by atoms with E-state index in [1.165, 1.54) is 31.4 Å². The Kier molecular flexibility index (Phi) is 3.41. The van der Waals surface area contributed by atoms with Gasteiger partial charge in [0.25, 0.3) is 0 Å². The molecule has 0 aliphatic heterocycles. The van der Waals surface area contributed by atoms with Crippen LogP contribution in [0.15, 0.2) is 12.3 Å². The summed E-state index contributed by atoms with van der Waals surface area (Å²) in [5.41, 5.74) is 7.37. The lowest BCUT2D eigenvalue weighted by Gasteiger charge is -2.17. The zero-order valence-electron chi connectivity index (χ0n) is 9.52. The molecule has 1 unspecified atom stereocenters. The van der Waals surface area contributed by atoms with Gasteiger partial charge in [0.15, 0.2) is 0 Å². The molecule has 0 radical (unpaired) electrons. The Bertz CT molecular complexity index is 300. The van der Waals surface area contributed by atoms with Gasteiger partial charge in [-0.25, -0.2) is 0 Å².